The Bertz CT molecular complexity index is 1010. The van der Waals surface area contributed by atoms with Crippen LogP contribution in [0.4, 0.5) is 0 Å². The summed E-state index contributed by atoms with van der Waals surface area (Å²) in [5, 5.41) is 9.78. The number of sulfone groups is 1. The summed E-state index contributed by atoms with van der Waals surface area (Å²) in [5.41, 5.74) is 4.62. The van der Waals surface area contributed by atoms with E-state index >= 15 is 0 Å². The van der Waals surface area contributed by atoms with Crippen LogP contribution in [-0.2, 0) is 14.6 Å². The zero-order valence-electron chi connectivity index (χ0n) is 20.3. The molecule has 0 spiro atoms. The second-order valence-electron chi connectivity index (χ2n) is 9.92. The van der Waals surface area contributed by atoms with Crippen LogP contribution in [0.2, 0.25) is 0 Å². The maximum Gasteiger partial charge on any atom is 0.185 e. The van der Waals surface area contributed by atoms with Crippen molar-refractivity contribution in [2.45, 2.75) is 89.9 Å². The Morgan fingerprint density at radius 3 is 2.28 bits per heavy atom. The van der Waals surface area contributed by atoms with Gasteiger partial charge in [-0.25, -0.2) is 8.42 Å². The van der Waals surface area contributed by atoms with Gasteiger partial charge in [-0.2, -0.15) is 0 Å². The molecule has 2 atom stereocenters. The molecular formula is C27H38O4S. The molecule has 0 amide bonds. The molecule has 1 N–H and O–H groups in total. The molecule has 176 valence electrons. The van der Waals surface area contributed by atoms with E-state index in [1.807, 2.05) is 26.0 Å². The van der Waals surface area contributed by atoms with Crippen molar-refractivity contribution < 1.29 is 18.3 Å². The lowest BCUT2D eigenvalue weighted by atomic mass is 9.70. The molecule has 0 saturated carbocycles. The van der Waals surface area contributed by atoms with Gasteiger partial charge in [0, 0.05) is 0 Å². The van der Waals surface area contributed by atoms with Crippen molar-refractivity contribution in [2.75, 3.05) is 0 Å². The van der Waals surface area contributed by atoms with Crippen molar-refractivity contribution in [3.8, 4) is 0 Å². The third kappa shape index (κ3) is 6.52. The summed E-state index contributed by atoms with van der Waals surface area (Å²) in [5.74, 6) is 0. The second kappa shape index (κ2) is 10.8. The summed E-state index contributed by atoms with van der Waals surface area (Å²) >= 11 is 0. The van der Waals surface area contributed by atoms with Crippen LogP contribution in [0.25, 0.3) is 0 Å². The lowest BCUT2D eigenvalue weighted by Crippen LogP contribution is -2.35. The minimum absolute atomic E-state index is 0.201. The maximum atomic E-state index is 13.9. The standard InChI is InChI=1S/C27H38O4S/c1-19-9-11-24(12-10-19)32(30,31)25(26-22(4)8-7-14-27(26,5)6)18-21(3)17-23(29)16-20(2)13-15-28/h9-13,15,17,23,25,29H,7-8,14,16,18H2,1-6H3/b20-13-,21-17+. The van der Waals surface area contributed by atoms with Crippen molar-refractivity contribution in [2.24, 2.45) is 5.41 Å². The third-order valence-electron chi connectivity index (χ3n) is 6.46. The molecule has 32 heavy (non-hydrogen) atoms. The predicted octanol–water partition coefficient (Wildman–Crippen LogP) is 5.90. The number of aliphatic hydroxyl groups is 1. The van der Waals surface area contributed by atoms with E-state index in [0.29, 0.717) is 24.0 Å². The third-order valence-corrected chi connectivity index (χ3v) is 8.54. The molecule has 2 unspecified atom stereocenters. The molecule has 0 fully saturated rings. The predicted molar refractivity (Wildman–Crippen MR) is 131 cm³/mol. The minimum Gasteiger partial charge on any atom is -0.389 e. The van der Waals surface area contributed by atoms with Gasteiger partial charge in [-0.3, -0.25) is 4.79 Å². The first-order valence-electron chi connectivity index (χ1n) is 11.4. The van der Waals surface area contributed by atoms with Gasteiger partial charge in [-0.1, -0.05) is 54.3 Å². The molecule has 1 aliphatic carbocycles. The smallest absolute Gasteiger partial charge is 0.185 e. The summed E-state index contributed by atoms with van der Waals surface area (Å²) in [6.45, 7) is 12.0. The monoisotopic (exact) mass is 458 g/mol. The Balaban J connectivity index is 2.50. The molecule has 5 heteroatoms. The fraction of sp³-hybridized carbons (Fsp3) is 0.519. The van der Waals surface area contributed by atoms with Gasteiger partial charge >= 0.3 is 0 Å². The molecule has 1 aromatic carbocycles. The van der Waals surface area contributed by atoms with E-state index in [1.165, 1.54) is 11.6 Å². The Morgan fingerprint density at radius 2 is 1.72 bits per heavy atom. The van der Waals surface area contributed by atoms with E-state index in [-0.39, 0.29) is 5.41 Å². The van der Waals surface area contributed by atoms with Gasteiger partial charge in [0.1, 0.15) is 6.29 Å². The normalized spacial score (nSPS) is 19.6. The number of aryl methyl sites for hydroxylation is 1. The largest absolute Gasteiger partial charge is 0.389 e. The van der Waals surface area contributed by atoms with Crippen molar-refractivity contribution >= 4 is 16.1 Å². The molecule has 0 heterocycles. The van der Waals surface area contributed by atoms with Crippen LogP contribution in [0.3, 0.4) is 0 Å². The van der Waals surface area contributed by atoms with E-state index in [2.05, 4.69) is 20.8 Å². The number of rotatable bonds is 9. The Morgan fingerprint density at radius 1 is 1.09 bits per heavy atom. The van der Waals surface area contributed by atoms with Crippen LogP contribution in [0, 0.1) is 12.3 Å². The minimum atomic E-state index is -3.62. The highest BCUT2D eigenvalue weighted by Gasteiger charge is 2.40. The Labute approximate surface area is 194 Å². The maximum absolute atomic E-state index is 13.9. The average Bonchev–Trinajstić information content (AvgIpc) is 2.66. The molecule has 0 radical (unpaired) electrons. The zero-order valence-corrected chi connectivity index (χ0v) is 21.1. The van der Waals surface area contributed by atoms with Crippen molar-refractivity contribution in [3.05, 3.63) is 64.3 Å². The van der Waals surface area contributed by atoms with Gasteiger partial charge in [-0.05, 0) is 89.0 Å². The highest BCUT2D eigenvalue weighted by Crippen LogP contribution is 2.46. The quantitative estimate of drug-likeness (QED) is 0.284. The van der Waals surface area contributed by atoms with Gasteiger partial charge < -0.3 is 5.11 Å². The first-order chi connectivity index (χ1) is 14.9. The van der Waals surface area contributed by atoms with Gasteiger partial charge in [0.25, 0.3) is 0 Å². The number of carbonyl (C=O) groups is 1. The van der Waals surface area contributed by atoms with Crippen LogP contribution >= 0.6 is 0 Å². The summed E-state index contributed by atoms with van der Waals surface area (Å²) in [4.78, 5) is 11.0. The van der Waals surface area contributed by atoms with Crippen LogP contribution in [0.15, 0.2) is 63.6 Å². The lowest BCUT2D eigenvalue weighted by Gasteiger charge is -2.39. The van der Waals surface area contributed by atoms with Gasteiger partial charge in [0.2, 0.25) is 0 Å². The van der Waals surface area contributed by atoms with E-state index in [0.717, 1.165) is 41.5 Å². The molecule has 0 saturated heterocycles. The molecule has 0 bridgehead atoms. The first-order valence-corrected chi connectivity index (χ1v) is 12.9. The molecule has 0 aliphatic heterocycles. The number of allylic oxidation sites excluding steroid dienone is 3. The Hall–Kier alpha value is -1.98. The van der Waals surface area contributed by atoms with Gasteiger partial charge in [-0.15, -0.1) is 0 Å². The molecule has 0 aromatic heterocycles. The first kappa shape index (κ1) is 26.3. The number of carbonyl (C=O) groups excluding carboxylic acids is 1. The van der Waals surface area contributed by atoms with Crippen molar-refractivity contribution in [1.29, 1.82) is 0 Å². The summed E-state index contributed by atoms with van der Waals surface area (Å²) in [7, 11) is -3.62. The average molecular weight is 459 g/mol. The van der Waals surface area contributed by atoms with Crippen molar-refractivity contribution in [3.63, 3.8) is 0 Å². The van der Waals surface area contributed by atoms with Crippen LogP contribution in [0.5, 0.6) is 0 Å². The number of benzene rings is 1. The van der Waals surface area contributed by atoms with E-state index < -0.39 is 21.2 Å². The topological polar surface area (TPSA) is 71.4 Å². The summed E-state index contributed by atoms with van der Waals surface area (Å²) in [6, 6.07) is 7.08. The zero-order chi connectivity index (χ0) is 24.1. The van der Waals surface area contributed by atoms with Crippen LogP contribution < -0.4 is 0 Å². The molecular weight excluding hydrogens is 420 g/mol. The molecule has 1 aliphatic rings. The highest BCUT2D eigenvalue weighted by molar-refractivity contribution is 7.92. The van der Waals surface area contributed by atoms with Gasteiger partial charge in [0.15, 0.2) is 9.84 Å². The molecule has 1 aromatic rings. The SMILES string of the molecule is CC1=C(C(C/C(C)=C/C(O)C/C(C)=C\C=O)S(=O)(=O)c2ccc(C)cc2)C(C)(C)CCC1. The van der Waals surface area contributed by atoms with Crippen molar-refractivity contribution in [1.82, 2.24) is 0 Å². The number of aliphatic hydroxyl groups excluding tert-OH is 1. The highest BCUT2D eigenvalue weighted by atomic mass is 32.2. The fourth-order valence-corrected chi connectivity index (χ4v) is 7.03. The Kier molecular flexibility index (Phi) is 8.83. The number of aldehydes is 1. The molecule has 4 nitrogen and oxygen atoms in total. The summed E-state index contributed by atoms with van der Waals surface area (Å²) in [6.07, 6.45) is 6.74. The summed E-state index contributed by atoms with van der Waals surface area (Å²) < 4.78 is 27.8. The second-order valence-corrected chi connectivity index (χ2v) is 12.0. The van der Waals surface area contributed by atoms with Gasteiger partial charge in [0.05, 0.1) is 16.2 Å². The number of hydrogen-bond acceptors (Lipinski definition) is 4. The molecule has 2 rings (SSSR count). The van der Waals surface area contributed by atoms with E-state index in [9.17, 15) is 18.3 Å². The van der Waals surface area contributed by atoms with Crippen LogP contribution in [-0.4, -0.2) is 31.2 Å². The van der Waals surface area contributed by atoms with E-state index in [4.69, 9.17) is 0 Å². The fourth-order valence-electron chi connectivity index (χ4n) is 4.87. The number of hydrogen-bond donors (Lipinski definition) is 1. The lowest BCUT2D eigenvalue weighted by molar-refractivity contribution is -0.104. The van der Waals surface area contributed by atoms with Crippen LogP contribution in [0.1, 0.15) is 72.3 Å². The van der Waals surface area contributed by atoms with E-state index in [1.54, 1.807) is 25.1 Å².